The van der Waals surface area contributed by atoms with Gasteiger partial charge in [0, 0.05) is 36.7 Å². The predicted molar refractivity (Wildman–Crippen MR) is 87.4 cm³/mol. The molecule has 1 aromatic heterocycles. The van der Waals surface area contributed by atoms with E-state index in [-0.39, 0.29) is 35.0 Å². The summed E-state index contributed by atoms with van der Waals surface area (Å²) in [6, 6.07) is 3.83. The number of phenolic OH excluding ortho intramolecular Hbond substituents is 1. The molecule has 0 saturated carbocycles. The van der Waals surface area contributed by atoms with E-state index in [1.165, 1.54) is 18.2 Å². The van der Waals surface area contributed by atoms with Gasteiger partial charge in [0.2, 0.25) is 0 Å². The summed E-state index contributed by atoms with van der Waals surface area (Å²) >= 11 is 5.80. The van der Waals surface area contributed by atoms with Crippen LogP contribution in [0.2, 0.25) is 5.02 Å². The van der Waals surface area contributed by atoms with Gasteiger partial charge in [0.25, 0.3) is 17.7 Å². The molecule has 8 nitrogen and oxygen atoms in total. The van der Waals surface area contributed by atoms with Crippen molar-refractivity contribution in [2.45, 2.75) is 0 Å². The number of nitrogens with one attached hydrogen (secondary N) is 1. The number of phenols is 1. The van der Waals surface area contributed by atoms with Crippen LogP contribution in [0.15, 0.2) is 39.6 Å². The van der Waals surface area contributed by atoms with Gasteiger partial charge in [-0.05, 0) is 12.1 Å². The first kappa shape index (κ1) is 16.7. The standard InChI is InChI=1S/C16H11ClN2O6/c17-10-6-8-5-9(16(24)25-12(8)7-11(10)20)15(23)18-3-4-19-13(21)1-2-14(19)22/h1-2,5-7,20H,3-4H2,(H,18,23). The fourth-order valence-electron chi connectivity index (χ4n) is 2.31. The number of halogens is 1. The molecule has 0 spiro atoms. The molecule has 0 fully saturated rings. The number of aromatic hydroxyl groups is 1. The van der Waals surface area contributed by atoms with E-state index in [1.54, 1.807) is 0 Å². The molecule has 9 heteroatoms. The molecule has 0 unspecified atom stereocenters. The van der Waals surface area contributed by atoms with Crippen molar-refractivity contribution >= 4 is 40.3 Å². The Kier molecular flexibility index (Phi) is 4.28. The van der Waals surface area contributed by atoms with Crippen molar-refractivity contribution in [2.24, 2.45) is 0 Å². The van der Waals surface area contributed by atoms with E-state index in [9.17, 15) is 24.3 Å². The average molecular weight is 363 g/mol. The highest BCUT2D eigenvalue weighted by Gasteiger charge is 2.23. The number of hydrogen-bond acceptors (Lipinski definition) is 6. The van der Waals surface area contributed by atoms with Gasteiger partial charge in [0.05, 0.1) is 5.02 Å². The third-order valence-corrected chi connectivity index (χ3v) is 3.87. The van der Waals surface area contributed by atoms with E-state index in [4.69, 9.17) is 16.0 Å². The van der Waals surface area contributed by atoms with Crippen LogP contribution in [0.3, 0.4) is 0 Å². The Morgan fingerprint density at radius 2 is 1.84 bits per heavy atom. The highest BCUT2D eigenvalue weighted by atomic mass is 35.5. The Hall–Kier alpha value is -3.13. The van der Waals surface area contributed by atoms with Gasteiger partial charge in [-0.2, -0.15) is 0 Å². The maximum atomic E-state index is 12.1. The van der Waals surface area contributed by atoms with E-state index >= 15 is 0 Å². The summed E-state index contributed by atoms with van der Waals surface area (Å²) in [6.07, 6.45) is 2.28. The van der Waals surface area contributed by atoms with Crippen molar-refractivity contribution in [2.75, 3.05) is 13.1 Å². The number of imide groups is 1. The van der Waals surface area contributed by atoms with E-state index in [0.717, 1.165) is 17.1 Å². The lowest BCUT2D eigenvalue weighted by molar-refractivity contribution is -0.136. The number of amides is 3. The van der Waals surface area contributed by atoms with Crippen molar-refractivity contribution in [3.05, 3.63) is 51.4 Å². The zero-order chi connectivity index (χ0) is 18.1. The van der Waals surface area contributed by atoms with Gasteiger partial charge in [0.15, 0.2) is 0 Å². The zero-order valence-electron chi connectivity index (χ0n) is 12.6. The number of rotatable bonds is 4. The van der Waals surface area contributed by atoms with Gasteiger partial charge in [-0.15, -0.1) is 0 Å². The first-order valence-corrected chi connectivity index (χ1v) is 7.53. The third-order valence-electron chi connectivity index (χ3n) is 3.57. The Balaban J connectivity index is 1.74. The third kappa shape index (κ3) is 3.24. The minimum absolute atomic E-state index is 0.0188. The average Bonchev–Trinajstić information content (AvgIpc) is 2.87. The van der Waals surface area contributed by atoms with Crippen LogP contribution in [0.1, 0.15) is 10.4 Å². The molecule has 128 valence electrons. The van der Waals surface area contributed by atoms with Gasteiger partial charge in [-0.25, -0.2) is 4.79 Å². The fourth-order valence-corrected chi connectivity index (χ4v) is 2.49. The molecule has 0 atom stereocenters. The van der Waals surface area contributed by atoms with Crippen molar-refractivity contribution in [1.29, 1.82) is 0 Å². The molecule has 0 aliphatic carbocycles. The molecule has 0 saturated heterocycles. The van der Waals surface area contributed by atoms with Crippen LogP contribution >= 0.6 is 11.6 Å². The summed E-state index contributed by atoms with van der Waals surface area (Å²) in [4.78, 5) is 47.8. The van der Waals surface area contributed by atoms with Crippen LogP contribution in [0, 0.1) is 0 Å². The maximum Gasteiger partial charge on any atom is 0.349 e. The number of fused-ring (bicyclic) bond motifs is 1. The molecule has 1 aliphatic rings. The first-order valence-electron chi connectivity index (χ1n) is 7.15. The van der Waals surface area contributed by atoms with Crippen LogP contribution in [0.5, 0.6) is 5.75 Å². The van der Waals surface area contributed by atoms with Gasteiger partial charge >= 0.3 is 5.63 Å². The van der Waals surface area contributed by atoms with Crippen molar-refractivity contribution < 1.29 is 23.9 Å². The Bertz CT molecular complexity index is 976. The quantitative estimate of drug-likeness (QED) is 0.614. The van der Waals surface area contributed by atoms with E-state index in [2.05, 4.69) is 5.32 Å². The number of nitrogens with zero attached hydrogens (tertiary/aromatic N) is 1. The Morgan fingerprint density at radius 1 is 1.16 bits per heavy atom. The molecule has 3 amide bonds. The molecule has 0 radical (unpaired) electrons. The molecule has 2 N–H and O–H groups in total. The minimum atomic E-state index is -0.887. The lowest BCUT2D eigenvalue weighted by Crippen LogP contribution is -2.39. The summed E-state index contributed by atoms with van der Waals surface area (Å²) < 4.78 is 5.00. The second-order valence-corrected chi connectivity index (χ2v) is 5.61. The minimum Gasteiger partial charge on any atom is -0.506 e. The van der Waals surface area contributed by atoms with Crippen LogP contribution in [0.4, 0.5) is 0 Å². The van der Waals surface area contributed by atoms with Crippen LogP contribution in [0.25, 0.3) is 11.0 Å². The number of hydrogen-bond donors (Lipinski definition) is 2. The normalized spacial score (nSPS) is 13.7. The van der Waals surface area contributed by atoms with Crippen molar-refractivity contribution in [1.82, 2.24) is 10.2 Å². The van der Waals surface area contributed by atoms with Crippen LogP contribution in [-0.2, 0) is 9.59 Å². The second-order valence-electron chi connectivity index (χ2n) is 5.21. The summed E-state index contributed by atoms with van der Waals surface area (Å²) in [6.45, 7) is -0.0408. The highest BCUT2D eigenvalue weighted by molar-refractivity contribution is 6.32. The molecular formula is C16H11ClN2O6. The molecule has 1 aromatic carbocycles. The van der Waals surface area contributed by atoms with Crippen LogP contribution < -0.4 is 10.9 Å². The summed E-state index contributed by atoms with van der Waals surface area (Å²) in [5.74, 6) is -1.88. The molecule has 3 rings (SSSR count). The van der Waals surface area contributed by atoms with Crippen molar-refractivity contribution in [3.63, 3.8) is 0 Å². The second kappa shape index (κ2) is 6.40. The number of carbonyl (C=O) groups excluding carboxylic acids is 3. The molecule has 1 aliphatic heterocycles. The summed E-state index contributed by atoms with van der Waals surface area (Å²) in [7, 11) is 0. The Morgan fingerprint density at radius 3 is 2.52 bits per heavy atom. The molecule has 2 aromatic rings. The lowest BCUT2D eigenvalue weighted by Gasteiger charge is -2.13. The zero-order valence-corrected chi connectivity index (χ0v) is 13.4. The van der Waals surface area contributed by atoms with E-state index < -0.39 is 23.3 Å². The lowest BCUT2D eigenvalue weighted by atomic mass is 10.1. The molecule has 2 heterocycles. The van der Waals surface area contributed by atoms with Gasteiger partial charge in [-0.3, -0.25) is 19.3 Å². The molecule has 25 heavy (non-hydrogen) atoms. The number of benzene rings is 1. The van der Waals surface area contributed by atoms with Gasteiger partial charge in [0.1, 0.15) is 16.9 Å². The fraction of sp³-hybridized carbons (Fsp3) is 0.125. The van der Waals surface area contributed by atoms with E-state index in [0.29, 0.717) is 5.39 Å². The van der Waals surface area contributed by atoms with Gasteiger partial charge < -0.3 is 14.8 Å². The smallest absolute Gasteiger partial charge is 0.349 e. The predicted octanol–water partition coefficient (Wildman–Crippen LogP) is 0.807. The SMILES string of the molecule is O=C(NCCN1C(=O)C=CC1=O)c1cc2cc(Cl)c(O)cc2oc1=O. The van der Waals surface area contributed by atoms with Crippen molar-refractivity contribution in [3.8, 4) is 5.75 Å². The maximum absolute atomic E-state index is 12.1. The van der Waals surface area contributed by atoms with Crippen LogP contribution in [-0.4, -0.2) is 40.8 Å². The molecule has 0 bridgehead atoms. The molecular weight excluding hydrogens is 352 g/mol. The Labute approximate surface area is 145 Å². The first-order chi connectivity index (χ1) is 11.9. The summed E-state index contributed by atoms with van der Waals surface area (Å²) in [5, 5.41) is 12.4. The number of carbonyl (C=O) groups is 3. The van der Waals surface area contributed by atoms with E-state index in [1.807, 2.05) is 0 Å². The monoisotopic (exact) mass is 362 g/mol. The summed E-state index contributed by atoms with van der Waals surface area (Å²) in [5.41, 5.74) is -1.06. The van der Waals surface area contributed by atoms with Gasteiger partial charge in [-0.1, -0.05) is 11.6 Å². The topological polar surface area (TPSA) is 117 Å². The largest absolute Gasteiger partial charge is 0.506 e. The highest BCUT2D eigenvalue weighted by Crippen LogP contribution is 2.28.